The molecule has 102 valence electrons. The highest BCUT2D eigenvalue weighted by molar-refractivity contribution is 6.17. The van der Waals surface area contributed by atoms with Crippen LogP contribution >= 0.6 is 11.6 Å². The first-order chi connectivity index (χ1) is 9.17. The van der Waals surface area contributed by atoms with Gasteiger partial charge in [-0.3, -0.25) is 0 Å². The molecular formula is C16H21ClN2. The molecule has 0 fully saturated rings. The van der Waals surface area contributed by atoms with Crippen LogP contribution in [0.15, 0.2) is 30.3 Å². The molecule has 0 aliphatic heterocycles. The number of aromatic nitrogens is 1. The van der Waals surface area contributed by atoms with Gasteiger partial charge in [0.05, 0.1) is 11.4 Å². The molecule has 1 atom stereocenters. The molecule has 0 spiro atoms. The number of fused-ring (bicyclic) bond motifs is 1. The maximum absolute atomic E-state index is 6.09. The molecule has 3 heteroatoms. The fraction of sp³-hybridized carbons (Fsp3) is 0.438. The van der Waals surface area contributed by atoms with Crippen LogP contribution < -0.4 is 4.90 Å². The zero-order valence-electron chi connectivity index (χ0n) is 11.9. The molecule has 2 nitrogen and oxygen atoms in total. The van der Waals surface area contributed by atoms with Crippen LogP contribution in [0.1, 0.15) is 32.3 Å². The summed E-state index contributed by atoms with van der Waals surface area (Å²) in [6.07, 6.45) is 2.34. The van der Waals surface area contributed by atoms with Gasteiger partial charge in [0, 0.05) is 24.0 Å². The lowest BCUT2D eigenvalue weighted by Gasteiger charge is -2.27. The number of nitrogens with zero attached hydrogens (tertiary/aromatic N) is 2. The number of rotatable bonds is 5. The van der Waals surface area contributed by atoms with Crippen molar-refractivity contribution in [1.82, 2.24) is 4.98 Å². The van der Waals surface area contributed by atoms with Crippen molar-refractivity contribution in [1.29, 1.82) is 0 Å². The molecule has 0 bridgehead atoms. The Balaban J connectivity index is 2.45. The number of benzene rings is 1. The van der Waals surface area contributed by atoms with Crippen LogP contribution in [0.25, 0.3) is 10.9 Å². The summed E-state index contributed by atoms with van der Waals surface area (Å²) in [5.74, 6) is 1.51. The van der Waals surface area contributed by atoms with E-state index >= 15 is 0 Å². The van der Waals surface area contributed by atoms with Crippen LogP contribution in [0, 0.1) is 0 Å². The highest BCUT2D eigenvalue weighted by Crippen LogP contribution is 2.26. The van der Waals surface area contributed by atoms with Crippen LogP contribution in [0.4, 0.5) is 5.82 Å². The van der Waals surface area contributed by atoms with Crippen LogP contribution in [0.2, 0.25) is 0 Å². The number of alkyl halides is 1. The Morgan fingerprint density at radius 1 is 1.32 bits per heavy atom. The van der Waals surface area contributed by atoms with E-state index in [2.05, 4.69) is 44.0 Å². The maximum atomic E-state index is 6.09. The molecule has 2 rings (SSSR count). The predicted octanol–water partition coefficient (Wildman–Crippen LogP) is 4.60. The van der Waals surface area contributed by atoms with Gasteiger partial charge in [-0.1, -0.05) is 31.5 Å². The van der Waals surface area contributed by atoms with Crippen molar-refractivity contribution in [2.24, 2.45) is 0 Å². The Hall–Kier alpha value is -1.28. The van der Waals surface area contributed by atoms with Gasteiger partial charge in [0.2, 0.25) is 0 Å². The van der Waals surface area contributed by atoms with Crippen LogP contribution in [0.5, 0.6) is 0 Å². The number of hydrogen-bond donors (Lipinski definition) is 0. The van der Waals surface area contributed by atoms with E-state index < -0.39 is 0 Å². The molecule has 0 saturated carbocycles. The highest BCUT2D eigenvalue weighted by Gasteiger charge is 2.15. The molecule has 19 heavy (non-hydrogen) atoms. The zero-order chi connectivity index (χ0) is 13.8. The van der Waals surface area contributed by atoms with Gasteiger partial charge in [-0.15, -0.1) is 11.6 Å². The summed E-state index contributed by atoms with van der Waals surface area (Å²) in [5.41, 5.74) is 2.13. The number of para-hydroxylation sites is 1. The second kappa shape index (κ2) is 6.25. The summed E-state index contributed by atoms with van der Waals surface area (Å²) in [5, 5.41) is 1.15. The average molecular weight is 277 g/mol. The summed E-state index contributed by atoms with van der Waals surface area (Å²) in [6, 6.07) is 10.8. The summed E-state index contributed by atoms with van der Waals surface area (Å²) >= 11 is 6.09. The van der Waals surface area contributed by atoms with E-state index in [4.69, 9.17) is 16.6 Å². The Kier molecular flexibility index (Phi) is 4.65. The van der Waals surface area contributed by atoms with Gasteiger partial charge < -0.3 is 4.90 Å². The Labute approximate surface area is 120 Å². The molecule has 1 heterocycles. The fourth-order valence-electron chi connectivity index (χ4n) is 2.37. The van der Waals surface area contributed by atoms with Crippen molar-refractivity contribution in [3.8, 4) is 0 Å². The van der Waals surface area contributed by atoms with Crippen LogP contribution in [0.3, 0.4) is 0 Å². The lowest BCUT2D eigenvalue weighted by molar-refractivity contribution is 0.610. The zero-order valence-corrected chi connectivity index (χ0v) is 12.6. The van der Waals surface area contributed by atoms with Gasteiger partial charge in [-0.05, 0) is 25.5 Å². The van der Waals surface area contributed by atoms with Crippen molar-refractivity contribution in [2.45, 2.75) is 38.6 Å². The van der Waals surface area contributed by atoms with E-state index in [9.17, 15) is 0 Å². The normalized spacial score (nSPS) is 12.6. The quantitative estimate of drug-likeness (QED) is 0.742. The monoisotopic (exact) mass is 276 g/mol. The third-order valence-electron chi connectivity index (χ3n) is 3.63. The van der Waals surface area contributed by atoms with E-state index in [1.54, 1.807) is 0 Å². The fourth-order valence-corrected chi connectivity index (χ4v) is 2.57. The standard InChI is InChI=1S/C16H21ClN2/c1-4-7-12(2)19(3)16-14(11-17)10-13-8-5-6-9-15(13)18-16/h5-6,8-10,12H,4,7,11H2,1-3H3. The number of halogens is 1. The second-order valence-electron chi connectivity index (χ2n) is 5.05. The number of hydrogen-bond acceptors (Lipinski definition) is 2. The third kappa shape index (κ3) is 3.01. The number of anilines is 1. The second-order valence-corrected chi connectivity index (χ2v) is 5.31. The molecule has 0 radical (unpaired) electrons. The minimum atomic E-state index is 0.473. The summed E-state index contributed by atoms with van der Waals surface area (Å²) in [4.78, 5) is 7.03. The van der Waals surface area contributed by atoms with Crippen molar-refractivity contribution in [3.05, 3.63) is 35.9 Å². The van der Waals surface area contributed by atoms with Gasteiger partial charge >= 0.3 is 0 Å². The lowest BCUT2D eigenvalue weighted by atomic mass is 10.1. The molecule has 0 amide bonds. The van der Waals surface area contributed by atoms with Gasteiger partial charge in [0.25, 0.3) is 0 Å². The minimum Gasteiger partial charge on any atom is -0.357 e. The lowest BCUT2D eigenvalue weighted by Crippen LogP contribution is -2.30. The van der Waals surface area contributed by atoms with Gasteiger partial charge in [-0.25, -0.2) is 4.98 Å². The summed E-state index contributed by atoms with van der Waals surface area (Å²) in [6.45, 7) is 4.44. The third-order valence-corrected chi connectivity index (χ3v) is 3.91. The average Bonchev–Trinajstić information content (AvgIpc) is 2.45. The molecule has 1 unspecified atom stereocenters. The Morgan fingerprint density at radius 3 is 2.74 bits per heavy atom. The van der Waals surface area contributed by atoms with E-state index in [0.717, 1.165) is 28.7 Å². The minimum absolute atomic E-state index is 0.473. The van der Waals surface area contributed by atoms with E-state index in [-0.39, 0.29) is 0 Å². The first kappa shape index (κ1) is 14.1. The molecule has 1 aromatic carbocycles. The molecule has 0 N–H and O–H groups in total. The van der Waals surface area contributed by atoms with Crippen molar-refractivity contribution in [2.75, 3.05) is 11.9 Å². The van der Waals surface area contributed by atoms with E-state index in [1.807, 2.05) is 12.1 Å². The molecular weight excluding hydrogens is 256 g/mol. The van der Waals surface area contributed by atoms with E-state index in [0.29, 0.717) is 11.9 Å². The number of pyridine rings is 1. The maximum Gasteiger partial charge on any atom is 0.133 e. The molecule has 0 aliphatic carbocycles. The topological polar surface area (TPSA) is 16.1 Å². The summed E-state index contributed by atoms with van der Waals surface area (Å²) < 4.78 is 0. The first-order valence-corrected chi connectivity index (χ1v) is 7.38. The van der Waals surface area contributed by atoms with Crippen LogP contribution in [-0.4, -0.2) is 18.1 Å². The SMILES string of the molecule is CCCC(C)N(C)c1nc2ccccc2cc1CCl. The van der Waals surface area contributed by atoms with E-state index in [1.165, 1.54) is 6.42 Å². The molecule has 0 aliphatic rings. The van der Waals surface area contributed by atoms with Crippen molar-refractivity contribution >= 4 is 28.3 Å². The molecule has 1 aromatic heterocycles. The molecule has 2 aromatic rings. The molecule has 0 saturated heterocycles. The smallest absolute Gasteiger partial charge is 0.133 e. The van der Waals surface area contributed by atoms with Gasteiger partial charge in [-0.2, -0.15) is 0 Å². The largest absolute Gasteiger partial charge is 0.357 e. The van der Waals surface area contributed by atoms with Gasteiger partial charge in [0.1, 0.15) is 5.82 Å². The highest BCUT2D eigenvalue weighted by atomic mass is 35.5. The Morgan fingerprint density at radius 2 is 2.05 bits per heavy atom. The first-order valence-electron chi connectivity index (χ1n) is 6.84. The van der Waals surface area contributed by atoms with Crippen molar-refractivity contribution in [3.63, 3.8) is 0 Å². The summed E-state index contributed by atoms with van der Waals surface area (Å²) in [7, 11) is 2.10. The van der Waals surface area contributed by atoms with Gasteiger partial charge in [0.15, 0.2) is 0 Å². The van der Waals surface area contributed by atoms with Crippen molar-refractivity contribution < 1.29 is 0 Å². The van der Waals surface area contributed by atoms with Crippen LogP contribution in [-0.2, 0) is 5.88 Å². The Bertz CT molecular complexity index is 553. The predicted molar refractivity (Wildman–Crippen MR) is 84.1 cm³/mol.